The predicted molar refractivity (Wildman–Crippen MR) is 92.5 cm³/mol. The van der Waals surface area contributed by atoms with E-state index in [0.717, 1.165) is 25.9 Å². The molecule has 0 spiro atoms. The number of aliphatic hydroxyl groups excluding tert-OH is 3. The Balaban J connectivity index is 1.79. The molecule has 142 valence electrons. The molecular formula is C17H35N3O4. The van der Waals surface area contributed by atoms with Gasteiger partial charge in [0.1, 0.15) is 12.5 Å². The summed E-state index contributed by atoms with van der Waals surface area (Å²) in [6.07, 6.45) is 3.95. The Hall–Kier alpha value is -0.280. The number of likely N-dealkylation sites (N-methyl/N-ethyl adjacent to an activating group) is 1. The first kappa shape index (κ1) is 20.0. The average Bonchev–Trinajstić information content (AvgIpc) is 3.09. The van der Waals surface area contributed by atoms with Crippen LogP contribution in [-0.4, -0.2) is 108 Å². The van der Waals surface area contributed by atoms with Gasteiger partial charge in [0.05, 0.1) is 19.8 Å². The minimum Gasteiger partial charge on any atom is -0.395 e. The molecule has 3 unspecified atom stereocenters. The van der Waals surface area contributed by atoms with Gasteiger partial charge in [-0.25, -0.2) is 0 Å². The molecule has 0 aromatic carbocycles. The molecule has 1 saturated carbocycles. The van der Waals surface area contributed by atoms with Crippen LogP contribution in [0, 0.1) is 0 Å². The lowest BCUT2D eigenvalue weighted by Gasteiger charge is -2.41. The van der Waals surface area contributed by atoms with Gasteiger partial charge in [0.25, 0.3) is 0 Å². The number of piperazine rings is 1. The van der Waals surface area contributed by atoms with E-state index < -0.39 is 6.23 Å². The number of hydrogen-bond donors (Lipinski definition) is 3. The minimum atomic E-state index is -0.466. The Morgan fingerprint density at radius 1 is 1.21 bits per heavy atom. The number of aliphatic hydroxyl groups is 3. The maximum Gasteiger partial charge on any atom is 0.134 e. The van der Waals surface area contributed by atoms with Crippen molar-refractivity contribution in [3.05, 3.63) is 0 Å². The summed E-state index contributed by atoms with van der Waals surface area (Å²) < 4.78 is 5.92. The van der Waals surface area contributed by atoms with Crippen molar-refractivity contribution in [1.29, 1.82) is 0 Å². The first-order chi connectivity index (χ1) is 11.6. The first-order valence-electron chi connectivity index (χ1n) is 9.28. The van der Waals surface area contributed by atoms with E-state index in [0.29, 0.717) is 25.7 Å². The summed E-state index contributed by atoms with van der Waals surface area (Å²) >= 11 is 0. The van der Waals surface area contributed by atoms with Crippen molar-refractivity contribution in [2.45, 2.75) is 57.1 Å². The summed E-state index contributed by atoms with van der Waals surface area (Å²) in [5, 5.41) is 29.2. The maximum absolute atomic E-state index is 10.0. The highest BCUT2D eigenvalue weighted by Crippen LogP contribution is 2.24. The van der Waals surface area contributed by atoms with Crippen molar-refractivity contribution in [3.8, 4) is 0 Å². The van der Waals surface area contributed by atoms with Crippen LogP contribution in [-0.2, 0) is 4.74 Å². The van der Waals surface area contributed by atoms with Gasteiger partial charge in [-0.15, -0.1) is 0 Å². The van der Waals surface area contributed by atoms with Gasteiger partial charge in [0, 0.05) is 38.3 Å². The highest BCUT2D eigenvalue weighted by Gasteiger charge is 2.29. The highest BCUT2D eigenvalue weighted by atomic mass is 16.5. The summed E-state index contributed by atoms with van der Waals surface area (Å²) in [7, 11) is 2.01. The van der Waals surface area contributed by atoms with E-state index in [-0.39, 0.29) is 25.5 Å². The third-order valence-electron chi connectivity index (χ3n) is 5.52. The first-order valence-corrected chi connectivity index (χ1v) is 9.28. The fourth-order valence-electron chi connectivity index (χ4n) is 3.91. The molecule has 24 heavy (non-hydrogen) atoms. The van der Waals surface area contributed by atoms with E-state index in [1.165, 1.54) is 12.8 Å². The molecule has 1 saturated heterocycles. The average molecular weight is 345 g/mol. The van der Waals surface area contributed by atoms with Crippen molar-refractivity contribution < 1.29 is 20.1 Å². The molecule has 3 N–H and O–H groups in total. The van der Waals surface area contributed by atoms with Gasteiger partial charge in [-0.05, 0) is 26.8 Å². The molecule has 7 heteroatoms. The Kier molecular flexibility index (Phi) is 8.36. The van der Waals surface area contributed by atoms with Crippen LogP contribution in [0.1, 0.15) is 32.6 Å². The Labute approximate surface area is 145 Å². The van der Waals surface area contributed by atoms with Crippen LogP contribution in [0.4, 0.5) is 0 Å². The van der Waals surface area contributed by atoms with E-state index in [2.05, 4.69) is 14.7 Å². The molecule has 2 rings (SSSR count). The molecule has 2 fully saturated rings. The molecule has 7 nitrogen and oxygen atoms in total. The van der Waals surface area contributed by atoms with Gasteiger partial charge < -0.3 is 20.1 Å². The number of hydrogen-bond acceptors (Lipinski definition) is 7. The van der Waals surface area contributed by atoms with Crippen LogP contribution in [0.3, 0.4) is 0 Å². The molecule has 3 atom stereocenters. The number of nitrogens with zero attached hydrogens (tertiary/aromatic N) is 3. The molecule has 0 aromatic rings. The zero-order valence-electron chi connectivity index (χ0n) is 15.2. The van der Waals surface area contributed by atoms with E-state index in [4.69, 9.17) is 4.74 Å². The fourth-order valence-corrected chi connectivity index (χ4v) is 3.91. The van der Waals surface area contributed by atoms with Crippen LogP contribution in [0.5, 0.6) is 0 Å². The normalized spacial score (nSPS) is 27.0. The standard InChI is InChI=1S/C17H35N3O4/c1-14(23)20(15-5-3-4-6-15)9-10-24-17(13-22)19-8-7-18(2)16(11-19)12-21/h14-17,21-23H,3-13H2,1-2H3. The summed E-state index contributed by atoms with van der Waals surface area (Å²) in [6, 6.07) is 0.535. The SMILES string of the molecule is CC(O)N(CCOC(CO)N1CCN(C)C(CO)C1)C1CCCC1. The Morgan fingerprint density at radius 2 is 1.92 bits per heavy atom. The molecule has 0 aromatic heterocycles. The maximum atomic E-state index is 10.0. The quantitative estimate of drug-likeness (QED) is 0.487. The van der Waals surface area contributed by atoms with Crippen LogP contribution in [0.25, 0.3) is 0 Å². The highest BCUT2D eigenvalue weighted by molar-refractivity contribution is 4.81. The molecule has 0 bridgehead atoms. The molecule has 1 heterocycles. The monoisotopic (exact) mass is 345 g/mol. The minimum absolute atomic E-state index is 0.0556. The van der Waals surface area contributed by atoms with Gasteiger partial charge in [-0.2, -0.15) is 0 Å². The Bertz CT molecular complexity index is 353. The zero-order valence-corrected chi connectivity index (χ0v) is 15.2. The third-order valence-corrected chi connectivity index (χ3v) is 5.52. The predicted octanol–water partition coefficient (Wildman–Crippen LogP) is -0.487. The largest absolute Gasteiger partial charge is 0.395 e. The number of rotatable bonds is 9. The second kappa shape index (κ2) is 10.0. The van der Waals surface area contributed by atoms with Crippen LogP contribution in [0.2, 0.25) is 0 Å². The summed E-state index contributed by atoms with van der Waals surface area (Å²) in [4.78, 5) is 6.35. The lowest BCUT2D eigenvalue weighted by Crippen LogP contribution is -2.57. The molecular weight excluding hydrogens is 310 g/mol. The molecule has 0 amide bonds. The second-order valence-corrected chi connectivity index (χ2v) is 7.13. The van der Waals surface area contributed by atoms with Gasteiger partial charge in [-0.3, -0.25) is 14.7 Å². The molecule has 1 aliphatic carbocycles. The van der Waals surface area contributed by atoms with Gasteiger partial charge in [0.2, 0.25) is 0 Å². The van der Waals surface area contributed by atoms with Gasteiger partial charge in [0.15, 0.2) is 0 Å². The smallest absolute Gasteiger partial charge is 0.134 e. The van der Waals surface area contributed by atoms with Gasteiger partial charge >= 0.3 is 0 Å². The van der Waals surface area contributed by atoms with Crippen molar-refractivity contribution in [2.75, 3.05) is 53.0 Å². The van der Waals surface area contributed by atoms with Crippen molar-refractivity contribution in [2.24, 2.45) is 0 Å². The fraction of sp³-hybridized carbons (Fsp3) is 1.00. The summed E-state index contributed by atoms with van der Waals surface area (Å²) in [5.41, 5.74) is 0. The van der Waals surface area contributed by atoms with E-state index in [1.807, 2.05) is 14.0 Å². The Morgan fingerprint density at radius 3 is 2.50 bits per heavy atom. The van der Waals surface area contributed by atoms with E-state index in [9.17, 15) is 15.3 Å². The summed E-state index contributed by atoms with van der Waals surface area (Å²) in [5.74, 6) is 0. The van der Waals surface area contributed by atoms with Crippen molar-refractivity contribution >= 4 is 0 Å². The van der Waals surface area contributed by atoms with Crippen LogP contribution >= 0.6 is 0 Å². The van der Waals surface area contributed by atoms with Crippen molar-refractivity contribution in [3.63, 3.8) is 0 Å². The molecule has 0 radical (unpaired) electrons. The lowest BCUT2D eigenvalue weighted by atomic mass is 10.2. The zero-order chi connectivity index (χ0) is 17.5. The van der Waals surface area contributed by atoms with Crippen molar-refractivity contribution in [1.82, 2.24) is 14.7 Å². The number of ether oxygens (including phenoxy) is 1. The third kappa shape index (κ3) is 5.36. The van der Waals surface area contributed by atoms with E-state index >= 15 is 0 Å². The van der Waals surface area contributed by atoms with E-state index in [1.54, 1.807) is 0 Å². The van der Waals surface area contributed by atoms with Crippen LogP contribution < -0.4 is 0 Å². The topological polar surface area (TPSA) is 79.6 Å². The molecule has 1 aliphatic heterocycles. The second-order valence-electron chi connectivity index (χ2n) is 7.13. The lowest BCUT2D eigenvalue weighted by molar-refractivity contribution is -0.121. The summed E-state index contributed by atoms with van der Waals surface area (Å²) in [6.45, 7) is 5.41. The van der Waals surface area contributed by atoms with Crippen LogP contribution in [0.15, 0.2) is 0 Å². The molecule has 2 aliphatic rings. The van der Waals surface area contributed by atoms with Gasteiger partial charge in [-0.1, -0.05) is 12.8 Å².